The number of hydrogen-bond donors (Lipinski definition) is 4. The fraction of sp³-hybridized carbons (Fsp3) is 0.292. The van der Waals surface area contributed by atoms with Gasteiger partial charge in [-0.15, -0.1) is 11.3 Å². The number of rotatable bonds is 12. The highest BCUT2D eigenvalue weighted by atomic mass is 32.1. The van der Waals surface area contributed by atoms with Crippen LogP contribution in [0.15, 0.2) is 53.7 Å². The molecule has 1 heterocycles. The van der Waals surface area contributed by atoms with Gasteiger partial charge in [-0.1, -0.05) is 5.16 Å². The number of aliphatic hydroxyl groups excluding tert-OH is 1. The average molecular weight is 485 g/mol. The van der Waals surface area contributed by atoms with Gasteiger partial charge in [-0.25, -0.2) is 4.98 Å². The summed E-state index contributed by atoms with van der Waals surface area (Å²) in [5, 5.41) is 23.5. The van der Waals surface area contributed by atoms with Crippen LogP contribution in [0.25, 0.3) is 11.3 Å². The van der Waals surface area contributed by atoms with Crippen molar-refractivity contribution in [2.75, 3.05) is 25.1 Å². The molecule has 0 fully saturated rings. The van der Waals surface area contributed by atoms with Gasteiger partial charge in [-0.2, -0.15) is 0 Å². The number of unbranched alkanes of at least 4 members (excludes halogenated alkanes) is 2. The van der Waals surface area contributed by atoms with Crippen LogP contribution in [0, 0.1) is 6.92 Å². The van der Waals surface area contributed by atoms with Crippen LogP contribution in [-0.4, -0.2) is 46.9 Å². The van der Waals surface area contributed by atoms with Crippen molar-refractivity contribution in [1.29, 1.82) is 0 Å². The number of nitrogens with two attached hydrogens (primary N) is 1. The summed E-state index contributed by atoms with van der Waals surface area (Å²) in [5.74, 6) is 1.11. The van der Waals surface area contributed by atoms with E-state index in [2.05, 4.69) is 15.5 Å². The average Bonchev–Trinajstić information content (AvgIpc) is 3.23. The third-order valence-corrected chi connectivity index (χ3v) is 5.78. The predicted molar refractivity (Wildman–Crippen MR) is 132 cm³/mol. The van der Waals surface area contributed by atoms with E-state index in [-0.39, 0.29) is 5.84 Å². The van der Waals surface area contributed by atoms with Crippen molar-refractivity contribution >= 4 is 28.2 Å². The molecule has 3 rings (SSSR count). The molecule has 9 nitrogen and oxygen atoms in total. The molecule has 180 valence electrons. The summed E-state index contributed by atoms with van der Waals surface area (Å²) in [4.78, 5) is 16.8. The highest BCUT2D eigenvalue weighted by Crippen LogP contribution is 2.31. The third kappa shape index (κ3) is 7.19. The van der Waals surface area contributed by atoms with Gasteiger partial charge in [0.2, 0.25) is 0 Å². The lowest BCUT2D eigenvalue weighted by Crippen LogP contribution is -2.15. The number of amidine groups is 1. The number of anilines is 1. The Balaban J connectivity index is 1.36. The molecule has 0 saturated carbocycles. The van der Waals surface area contributed by atoms with Crippen molar-refractivity contribution in [3.63, 3.8) is 0 Å². The number of nitrogens with zero attached hydrogens (tertiary/aromatic N) is 2. The molecule has 0 atom stereocenters. The standard InChI is InChI=1S/C24H28N4O5S/c1-16-22(27-24(34-16)26-21(30)15-29)17-5-9-19(10-6-17)32-13-3-2-4-14-33-20-11-7-18(8-12-20)23(25)28-31/h5-12,29,31H,2-4,13-15H2,1H3,(H2,25,28)(H,26,27,30). The molecule has 10 heteroatoms. The highest BCUT2D eigenvalue weighted by molar-refractivity contribution is 7.16. The topological polar surface area (TPSA) is 139 Å². The summed E-state index contributed by atoms with van der Waals surface area (Å²) >= 11 is 1.37. The number of aliphatic hydroxyl groups is 1. The molecular formula is C24H28N4O5S. The zero-order valence-corrected chi connectivity index (χ0v) is 19.7. The zero-order chi connectivity index (χ0) is 24.3. The molecule has 34 heavy (non-hydrogen) atoms. The fourth-order valence-corrected chi connectivity index (χ4v) is 3.98. The second-order valence-electron chi connectivity index (χ2n) is 7.42. The predicted octanol–water partition coefficient (Wildman–Crippen LogP) is 3.77. The van der Waals surface area contributed by atoms with Crippen LogP contribution in [0.3, 0.4) is 0 Å². The van der Waals surface area contributed by atoms with Gasteiger partial charge in [0.1, 0.15) is 18.1 Å². The molecule has 0 aliphatic rings. The van der Waals surface area contributed by atoms with Crippen molar-refractivity contribution in [1.82, 2.24) is 4.98 Å². The number of amides is 1. The molecular weight excluding hydrogens is 456 g/mol. The molecule has 3 aromatic rings. The minimum absolute atomic E-state index is 0.0674. The molecule has 1 aromatic heterocycles. The Bertz CT molecular complexity index is 1100. The van der Waals surface area contributed by atoms with Crippen LogP contribution >= 0.6 is 11.3 Å². The Morgan fingerprint density at radius 2 is 1.62 bits per heavy atom. The van der Waals surface area contributed by atoms with Crippen LogP contribution in [0.2, 0.25) is 0 Å². The first-order chi connectivity index (χ1) is 16.5. The van der Waals surface area contributed by atoms with Crippen LogP contribution in [0.4, 0.5) is 5.13 Å². The van der Waals surface area contributed by atoms with E-state index in [1.165, 1.54) is 11.3 Å². The Hall–Kier alpha value is -3.63. The van der Waals surface area contributed by atoms with Crippen molar-refractivity contribution in [3.8, 4) is 22.8 Å². The van der Waals surface area contributed by atoms with E-state index in [4.69, 9.17) is 25.5 Å². The lowest BCUT2D eigenvalue weighted by Gasteiger charge is -2.08. The summed E-state index contributed by atoms with van der Waals surface area (Å²) in [6, 6.07) is 14.8. The first kappa shape index (κ1) is 25.0. The lowest BCUT2D eigenvalue weighted by molar-refractivity contribution is -0.118. The van der Waals surface area contributed by atoms with Crippen molar-refractivity contribution in [2.24, 2.45) is 10.9 Å². The van der Waals surface area contributed by atoms with Gasteiger partial charge in [0.05, 0.1) is 18.9 Å². The highest BCUT2D eigenvalue weighted by Gasteiger charge is 2.12. The summed E-state index contributed by atoms with van der Waals surface area (Å²) in [6.45, 7) is 2.58. The molecule has 0 unspecified atom stereocenters. The molecule has 0 aliphatic carbocycles. The smallest absolute Gasteiger partial charge is 0.251 e. The first-order valence-electron chi connectivity index (χ1n) is 10.8. The third-order valence-electron chi connectivity index (χ3n) is 4.90. The van der Waals surface area contributed by atoms with Crippen molar-refractivity contribution in [2.45, 2.75) is 26.2 Å². The number of nitrogens with one attached hydrogen (secondary N) is 1. The van der Waals surface area contributed by atoms with Crippen LogP contribution in [0.5, 0.6) is 11.5 Å². The largest absolute Gasteiger partial charge is 0.494 e. The number of ether oxygens (including phenoxy) is 2. The number of oxime groups is 1. The van der Waals surface area contributed by atoms with Gasteiger partial charge < -0.3 is 25.5 Å². The summed E-state index contributed by atoms with van der Waals surface area (Å²) in [7, 11) is 0. The maximum Gasteiger partial charge on any atom is 0.251 e. The van der Waals surface area contributed by atoms with Crippen LogP contribution < -0.4 is 20.5 Å². The molecule has 2 aromatic carbocycles. The second kappa shape index (κ2) is 12.6. The van der Waals surface area contributed by atoms with Gasteiger partial charge in [-0.05, 0) is 74.7 Å². The number of carbonyl (C=O) groups is 1. The number of thiazole rings is 1. The van der Waals surface area contributed by atoms with Gasteiger partial charge >= 0.3 is 0 Å². The SMILES string of the molecule is Cc1sc(NC(=O)CO)nc1-c1ccc(OCCCCCOc2ccc(C(N)=NO)cc2)cc1. The van der Waals surface area contributed by atoms with E-state index in [0.29, 0.717) is 23.9 Å². The molecule has 0 bridgehead atoms. The van der Waals surface area contributed by atoms with E-state index in [1.807, 2.05) is 31.2 Å². The van der Waals surface area contributed by atoms with Gasteiger partial charge in [0.15, 0.2) is 11.0 Å². The number of carbonyl (C=O) groups excluding carboxylic acids is 1. The Kier molecular flexibility index (Phi) is 9.24. The van der Waals surface area contributed by atoms with Crippen LogP contribution in [-0.2, 0) is 4.79 Å². The number of aromatic nitrogens is 1. The second-order valence-corrected chi connectivity index (χ2v) is 8.62. The quantitative estimate of drug-likeness (QED) is 0.101. The molecule has 5 N–H and O–H groups in total. The summed E-state index contributed by atoms with van der Waals surface area (Å²) < 4.78 is 11.5. The number of benzene rings is 2. The Morgan fingerprint density at radius 3 is 2.18 bits per heavy atom. The molecule has 0 radical (unpaired) electrons. The number of hydrogen-bond acceptors (Lipinski definition) is 8. The van der Waals surface area contributed by atoms with E-state index >= 15 is 0 Å². The fourth-order valence-electron chi connectivity index (χ4n) is 3.13. The maximum atomic E-state index is 11.3. The summed E-state index contributed by atoms with van der Waals surface area (Å²) in [6.07, 6.45) is 2.79. The van der Waals surface area contributed by atoms with E-state index < -0.39 is 12.5 Å². The molecule has 0 aliphatic heterocycles. The minimum atomic E-state index is -0.570. The number of aryl methyl sites for hydroxylation is 1. The lowest BCUT2D eigenvalue weighted by atomic mass is 10.1. The van der Waals surface area contributed by atoms with E-state index in [9.17, 15) is 4.79 Å². The van der Waals surface area contributed by atoms with Gasteiger partial charge in [-0.3, -0.25) is 10.1 Å². The molecule has 0 spiro atoms. The molecule has 1 amide bonds. The van der Waals surface area contributed by atoms with Crippen LogP contribution in [0.1, 0.15) is 29.7 Å². The monoisotopic (exact) mass is 484 g/mol. The minimum Gasteiger partial charge on any atom is -0.494 e. The normalized spacial score (nSPS) is 11.3. The van der Waals surface area contributed by atoms with Crippen molar-refractivity contribution in [3.05, 3.63) is 59.0 Å². The maximum absolute atomic E-state index is 11.3. The Morgan fingerprint density at radius 1 is 1.03 bits per heavy atom. The van der Waals surface area contributed by atoms with Gasteiger partial charge in [0.25, 0.3) is 5.91 Å². The van der Waals surface area contributed by atoms with E-state index in [0.717, 1.165) is 46.9 Å². The summed E-state index contributed by atoms with van der Waals surface area (Å²) in [5.41, 5.74) is 7.90. The van der Waals surface area contributed by atoms with Crippen molar-refractivity contribution < 1.29 is 24.6 Å². The van der Waals surface area contributed by atoms with E-state index in [1.54, 1.807) is 24.3 Å². The van der Waals surface area contributed by atoms with Gasteiger partial charge in [0, 0.05) is 16.0 Å². The first-order valence-corrected chi connectivity index (χ1v) is 11.6. The zero-order valence-electron chi connectivity index (χ0n) is 18.9. The Labute approximate surface area is 201 Å². The molecule has 0 saturated heterocycles.